The fraction of sp³-hybridized carbons (Fsp3) is 0.125. The Morgan fingerprint density at radius 2 is 2.17 bits per heavy atom. The highest BCUT2D eigenvalue weighted by molar-refractivity contribution is 5.16. The van der Waals surface area contributed by atoms with Crippen molar-refractivity contribution in [2.45, 2.75) is 6.92 Å². The highest BCUT2D eigenvalue weighted by Crippen LogP contribution is 1.99. The van der Waals surface area contributed by atoms with Gasteiger partial charge < -0.3 is 0 Å². The van der Waals surface area contributed by atoms with E-state index in [1.54, 1.807) is 23.3 Å². The van der Waals surface area contributed by atoms with Crippen LogP contribution in [0, 0.1) is 6.92 Å². The number of aromatic nitrogens is 4. The van der Waals surface area contributed by atoms with E-state index in [1.807, 2.05) is 19.2 Å². The lowest BCUT2D eigenvalue weighted by atomic mass is 10.5. The maximum absolute atomic E-state index is 4.16. The molecule has 0 aliphatic carbocycles. The van der Waals surface area contributed by atoms with Crippen molar-refractivity contribution in [3.05, 3.63) is 36.5 Å². The van der Waals surface area contributed by atoms with Crippen LogP contribution in [0.3, 0.4) is 0 Å². The van der Waals surface area contributed by atoms with Crippen LogP contribution in [-0.4, -0.2) is 19.7 Å². The van der Waals surface area contributed by atoms with Crippen molar-refractivity contribution >= 4 is 0 Å². The Hall–Kier alpha value is -1.71. The third kappa shape index (κ3) is 1.18. The molecule has 2 heterocycles. The normalized spacial score (nSPS) is 10.1. The summed E-state index contributed by atoms with van der Waals surface area (Å²) in [6.07, 6.45) is 6.96. The van der Waals surface area contributed by atoms with Gasteiger partial charge in [0, 0.05) is 12.4 Å². The zero-order valence-electron chi connectivity index (χ0n) is 6.68. The van der Waals surface area contributed by atoms with Gasteiger partial charge in [0.05, 0.1) is 18.1 Å². The van der Waals surface area contributed by atoms with Crippen LogP contribution in [0.15, 0.2) is 30.9 Å². The van der Waals surface area contributed by atoms with E-state index in [0.29, 0.717) is 0 Å². The average Bonchev–Trinajstić information content (AvgIpc) is 2.58. The van der Waals surface area contributed by atoms with Gasteiger partial charge in [-0.15, -0.1) is 0 Å². The van der Waals surface area contributed by atoms with Crippen LogP contribution >= 0.6 is 0 Å². The molecule has 60 valence electrons. The van der Waals surface area contributed by atoms with Crippen molar-refractivity contribution in [2.24, 2.45) is 0 Å². The highest BCUT2D eigenvalue weighted by Gasteiger charge is 1.95. The Morgan fingerprint density at radius 3 is 2.75 bits per heavy atom. The molecule has 0 aromatic carbocycles. The minimum atomic E-state index is 0.741. The van der Waals surface area contributed by atoms with Gasteiger partial charge in [-0.05, 0) is 13.0 Å². The van der Waals surface area contributed by atoms with Crippen LogP contribution in [0.25, 0.3) is 5.82 Å². The van der Waals surface area contributed by atoms with Crippen LogP contribution in [0.2, 0.25) is 0 Å². The third-order valence-electron chi connectivity index (χ3n) is 1.51. The summed E-state index contributed by atoms with van der Waals surface area (Å²) in [5.74, 6) is 0.741. The van der Waals surface area contributed by atoms with E-state index in [4.69, 9.17) is 0 Å². The van der Waals surface area contributed by atoms with Gasteiger partial charge >= 0.3 is 0 Å². The highest BCUT2D eigenvalue weighted by atomic mass is 15.3. The van der Waals surface area contributed by atoms with Gasteiger partial charge in [0.25, 0.3) is 0 Å². The van der Waals surface area contributed by atoms with E-state index >= 15 is 0 Å². The molecule has 0 radical (unpaired) electrons. The molecule has 2 aromatic heterocycles. The first-order valence-corrected chi connectivity index (χ1v) is 3.65. The zero-order valence-corrected chi connectivity index (χ0v) is 6.68. The number of aryl methyl sites for hydroxylation is 1. The molecule has 0 bridgehead atoms. The number of nitrogens with zero attached hydrogens (tertiary/aromatic N) is 4. The molecule has 0 atom stereocenters. The van der Waals surface area contributed by atoms with E-state index in [9.17, 15) is 0 Å². The van der Waals surface area contributed by atoms with Crippen molar-refractivity contribution in [1.29, 1.82) is 0 Å². The first-order valence-electron chi connectivity index (χ1n) is 3.65. The molecular weight excluding hydrogens is 152 g/mol. The Balaban J connectivity index is 2.43. The molecule has 0 unspecified atom stereocenters. The van der Waals surface area contributed by atoms with Crippen molar-refractivity contribution in [1.82, 2.24) is 19.7 Å². The van der Waals surface area contributed by atoms with Crippen molar-refractivity contribution in [3.63, 3.8) is 0 Å². The third-order valence-corrected chi connectivity index (χ3v) is 1.51. The first-order chi connectivity index (χ1) is 5.86. The lowest BCUT2D eigenvalue weighted by Crippen LogP contribution is -1.98. The lowest BCUT2D eigenvalue weighted by Gasteiger charge is -1.98. The summed E-state index contributed by atoms with van der Waals surface area (Å²) in [6.45, 7) is 1.90. The van der Waals surface area contributed by atoms with Gasteiger partial charge in [0.15, 0.2) is 5.82 Å². The Morgan fingerprint density at radius 1 is 1.25 bits per heavy atom. The van der Waals surface area contributed by atoms with E-state index in [0.717, 1.165) is 11.5 Å². The summed E-state index contributed by atoms with van der Waals surface area (Å²) in [5, 5.41) is 4.03. The number of hydrogen-bond acceptors (Lipinski definition) is 3. The SMILES string of the molecule is Cc1cnc(-n2cccn2)cn1. The predicted octanol–water partition coefficient (Wildman–Crippen LogP) is 0.971. The zero-order chi connectivity index (χ0) is 8.39. The minimum absolute atomic E-state index is 0.741. The molecular formula is C8H8N4. The number of rotatable bonds is 1. The molecule has 2 rings (SSSR count). The van der Waals surface area contributed by atoms with Gasteiger partial charge in [-0.25, -0.2) is 9.67 Å². The second kappa shape index (κ2) is 2.73. The average molecular weight is 160 g/mol. The fourth-order valence-electron chi connectivity index (χ4n) is 0.908. The van der Waals surface area contributed by atoms with E-state index in [1.165, 1.54) is 0 Å². The summed E-state index contributed by atoms with van der Waals surface area (Å²) in [7, 11) is 0. The van der Waals surface area contributed by atoms with Crippen molar-refractivity contribution in [3.8, 4) is 5.82 Å². The minimum Gasteiger partial charge on any atom is -0.256 e. The molecule has 0 aliphatic heterocycles. The van der Waals surface area contributed by atoms with E-state index in [-0.39, 0.29) is 0 Å². The quantitative estimate of drug-likeness (QED) is 0.624. The van der Waals surface area contributed by atoms with Crippen LogP contribution < -0.4 is 0 Å². The maximum Gasteiger partial charge on any atom is 0.171 e. The smallest absolute Gasteiger partial charge is 0.171 e. The topological polar surface area (TPSA) is 43.6 Å². The second-order valence-corrected chi connectivity index (χ2v) is 2.47. The molecule has 0 saturated carbocycles. The monoisotopic (exact) mass is 160 g/mol. The Kier molecular flexibility index (Phi) is 1.59. The van der Waals surface area contributed by atoms with Crippen LogP contribution in [0.1, 0.15) is 5.69 Å². The Labute approximate surface area is 69.9 Å². The summed E-state index contributed by atoms with van der Waals surface area (Å²) in [6, 6.07) is 1.85. The lowest BCUT2D eigenvalue weighted by molar-refractivity contribution is 0.833. The maximum atomic E-state index is 4.16. The largest absolute Gasteiger partial charge is 0.256 e. The van der Waals surface area contributed by atoms with Crippen LogP contribution in [0.5, 0.6) is 0 Å². The fourth-order valence-corrected chi connectivity index (χ4v) is 0.908. The van der Waals surface area contributed by atoms with E-state index < -0.39 is 0 Å². The van der Waals surface area contributed by atoms with Crippen molar-refractivity contribution in [2.75, 3.05) is 0 Å². The molecule has 0 saturated heterocycles. The van der Waals surface area contributed by atoms with Crippen LogP contribution in [-0.2, 0) is 0 Å². The molecule has 0 aliphatic rings. The van der Waals surface area contributed by atoms with Gasteiger partial charge in [-0.3, -0.25) is 4.98 Å². The standard InChI is InChI=1S/C8H8N4/c1-7-5-10-8(6-9-7)12-4-2-3-11-12/h2-6H,1H3. The summed E-state index contributed by atoms with van der Waals surface area (Å²) < 4.78 is 1.67. The molecule has 2 aromatic rings. The van der Waals surface area contributed by atoms with Gasteiger partial charge in [0.1, 0.15) is 0 Å². The summed E-state index contributed by atoms with van der Waals surface area (Å²) in [4.78, 5) is 8.27. The molecule has 4 heteroatoms. The van der Waals surface area contributed by atoms with Gasteiger partial charge in [0.2, 0.25) is 0 Å². The molecule has 0 N–H and O–H groups in total. The van der Waals surface area contributed by atoms with Crippen molar-refractivity contribution < 1.29 is 0 Å². The molecule has 12 heavy (non-hydrogen) atoms. The molecule has 0 amide bonds. The second-order valence-electron chi connectivity index (χ2n) is 2.47. The summed E-state index contributed by atoms with van der Waals surface area (Å²) in [5.41, 5.74) is 0.908. The summed E-state index contributed by atoms with van der Waals surface area (Å²) >= 11 is 0. The Bertz CT molecular complexity index is 349. The molecule has 0 fully saturated rings. The predicted molar refractivity (Wildman–Crippen MR) is 43.9 cm³/mol. The van der Waals surface area contributed by atoms with Crippen LogP contribution in [0.4, 0.5) is 0 Å². The molecule has 4 nitrogen and oxygen atoms in total. The number of hydrogen-bond donors (Lipinski definition) is 0. The molecule has 0 spiro atoms. The van der Waals surface area contributed by atoms with Gasteiger partial charge in [-0.1, -0.05) is 0 Å². The van der Waals surface area contributed by atoms with Gasteiger partial charge in [-0.2, -0.15) is 5.10 Å². The first kappa shape index (κ1) is 6.97. The van der Waals surface area contributed by atoms with E-state index in [2.05, 4.69) is 15.1 Å².